The molecule has 0 bridgehead atoms. The maximum atomic E-state index is 13.5. The van der Waals surface area contributed by atoms with E-state index in [1.54, 1.807) is 6.07 Å². The summed E-state index contributed by atoms with van der Waals surface area (Å²) in [4.78, 5) is 0. The Morgan fingerprint density at radius 1 is 1.47 bits per heavy atom. The molecular formula is C10H10FNO2S. The van der Waals surface area contributed by atoms with Crippen LogP contribution in [0.15, 0.2) is 18.2 Å². The maximum absolute atomic E-state index is 13.5. The van der Waals surface area contributed by atoms with Gasteiger partial charge in [0, 0.05) is 11.3 Å². The molecule has 5 heteroatoms. The Balaban J connectivity index is 3.13. The lowest BCUT2D eigenvalue weighted by Gasteiger charge is -2.03. The standard InChI is InChI=1S/C10H10FNO2S/c1-2-15(13,14)7-9-5-3-4-8(6-12)10(9)11/h3-5H,2,7H2,1H3. The van der Waals surface area contributed by atoms with E-state index in [0.29, 0.717) is 0 Å². The molecule has 0 saturated heterocycles. The number of hydrogen-bond acceptors (Lipinski definition) is 3. The highest BCUT2D eigenvalue weighted by Crippen LogP contribution is 2.15. The summed E-state index contributed by atoms with van der Waals surface area (Å²) in [7, 11) is -3.27. The Morgan fingerprint density at radius 2 is 2.13 bits per heavy atom. The minimum atomic E-state index is -3.27. The topological polar surface area (TPSA) is 57.9 Å². The highest BCUT2D eigenvalue weighted by molar-refractivity contribution is 7.90. The van der Waals surface area contributed by atoms with E-state index in [4.69, 9.17) is 5.26 Å². The number of sulfone groups is 1. The van der Waals surface area contributed by atoms with Crippen molar-refractivity contribution in [1.29, 1.82) is 5.26 Å². The molecule has 0 N–H and O–H groups in total. The first-order valence-electron chi connectivity index (χ1n) is 4.38. The van der Waals surface area contributed by atoms with E-state index in [9.17, 15) is 12.8 Å². The zero-order chi connectivity index (χ0) is 11.5. The summed E-state index contributed by atoms with van der Waals surface area (Å²) in [6.45, 7) is 1.50. The van der Waals surface area contributed by atoms with Crippen LogP contribution >= 0.6 is 0 Å². The van der Waals surface area contributed by atoms with Gasteiger partial charge in [-0.1, -0.05) is 19.1 Å². The van der Waals surface area contributed by atoms with Gasteiger partial charge < -0.3 is 0 Å². The molecule has 0 aromatic heterocycles. The largest absolute Gasteiger partial charge is 0.229 e. The van der Waals surface area contributed by atoms with Crippen LogP contribution in [-0.2, 0) is 15.6 Å². The number of nitriles is 1. The van der Waals surface area contributed by atoms with Gasteiger partial charge in [0.05, 0.1) is 11.3 Å². The highest BCUT2D eigenvalue weighted by atomic mass is 32.2. The van der Waals surface area contributed by atoms with Gasteiger partial charge in [-0.3, -0.25) is 0 Å². The number of hydrogen-bond donors (Lipinski definition) is 0. The molecule has 1 aromatic rings. The van der Waals surface area contributed by atoms with E-state index in [0.717, 1.165) is 0 Å². The number of halogens is 1. The van der Waals surface area contributed by atoms with Crippen molar-refractivity contribution in [2.75, 3.05) is 5.75 Å². The van der Waals surface area contributed by atoms with E-state index in [2.05, 4.69) is 0 Å². The average Bonchev–Trinajstić information content (AvgIpc) is 2.21. The summed E-state index contributed by atoms with van der Waals surface area (Å²) >= 11 is 0. The normalized spacial score (nSPS) is 11.0. The predicted molar refractivity (Wildman–Crippen MR) is 54.3 cm³/mol. The molecule has 0 aliphatic rings. The van der Waals surface area contributed by atoms with Gasteiger partial charge in [-0.25, -0.2) is 12.8 Å². The summed E-state index contributed by atoms with van der Waals surface area (Å²) in [5.74, 6) is -1.13. The third-order valence-corrected chi connectivity index (χ3v) is 3.64. The fourth-order valence-corrected chi connectivity index (χ4v) is 2.02. The van der Waals surface area contributed by atoms with Crippen molar-refractivity contribution in [3.8, 4) is 6.07 Å². The molecule has 3 nitrogen and oxygen atoms in total. The van der Waals surface area contributed by atoms with Gasteiger partial charge in [-0.2, -0.15) is 5.26 Å². The highest BCUT2D eigenvalue weighted by Gasteiger charge is 2.14. The molecule has 0 amide bonds. The number of nitrogens with zero attached hydrogens (tertiary/aromatic N) is 1. The van der Waals surface area contributed by atoms with Crippen molar-refractivity contribution < 1.29 is 12.8 Å². The first-order valence-corrected chi connectivity index (χ1v) is 6.20. The van der Waals surface area contributed by atoms with E-state index in [1.165, 1.54) is 25.1 Å². The second-order valence-electron chi connectivity index (χ2n) is 3.07. The smallest absolute Gasteiger partial charge is 0.154 e. The molecule has 15 heavy (non-hydrogen) atoms. The lowest BCUT2D eigenvalue weighted by Crippen LogP contribution is -2.08. The van der Waals surface area contributed by atoms with Gasteiger partial charge in [-0.15, -0.1) is 0 Å². The fourth-order valence-electron chi connectivity index (χ4n) is 1.12. The van der Waals surface area contributed by atoms with Gasteiger partial charge in [-0.05, 0) is 6.07 Å². The van der Waals surface area contributed by atoms with E-state index >= 15 is 0 Å². The average molecular weight is 227 g/mol. The first-order chi connectivity index (χ1) is 7.00. The van der Waals surface area contributed by atoms with Crippen molar-refractivity contribution in [2.45, 2.75) is 12.7 Å². The molecule has 0 fully saturated rings. The monoisotopic (exact) mass is 227 g/mol. The van der Waals surface area contributed by atoms with Crippen LogP contribution in [0, 0.1) is 17.1 Å². The molecule has 0 atom stereocenters. The molecule has 0 aliphatic heterocycles. The van der Waals surface area contributed by atoms with Crippen LogP contribution in [0.1, 0.15) is 18.1 Å². The summed E-state index contributed by atoms with van der Waals surface area (Å²) in [5.41, 5.74) is -0.0743. The molecule has 0 aliphatic carbocycles. The van der Waals surface area contributed by atoms with Crippen LogP contribution in [0.4, 0.5) is 4.39 Å². The second kappa shape index (κ2) is 4.41. The SMILES string of the molecule is CCS(=O)(=O)Cc1cccc(C#N)c1F. The molecule has 0 unspecified atom stereocenters. The zero-order valence-electron chi connectivity index (χ0n) is 8.20. The van der Waals surface area contributed by atoms with Crippen LogP contribution in [0.3, 0.4) is 0 Å². The minimum absolute atomic E-state index is 0.0385. The molecule has 80 valence electrons. The van der Waals surface area contributed by atoms with Crippen molar-refractivity contribution in [3.63, 3.8) is 0 Å². The fraction of sp³-hybridized carbons (Fsp3) is 0.300. The molecule has 1 rings (SSSR count). The van der Waals surface area contributed by atoms with Crippen molar-refractivity contribution in [1.82, 2.24) is 0 Å². The molecule has 1 aromatic carbocycles. The molecular weight excluding hydrogens is 217 g/mol. The Labute approximate surface area is 88.1 Å². The van der Waals surface area contributed by atoms with Crippen molar-refractivity contribution in [3.05, 3.63) is 35.1 Å². The predicted octanol–water partition coefficient (Wildman–Crippen LogP) is 1.63. The number of rotatable bonds is 3. The van der Waals surface area contributed by atoms with Crippen LogP contribution < -0.4 is 0 Å². The Bertz CT molecular complexity index is 503. The van der Waals surface area contributed by atoms with Gasteiger partial charge in [0.1, 0.15) is 11.9 Å². The first kappa shape index (κ1) is 11.7. The summed E-state index contributed by atoms with van der Waals surface area (Å²) in [5, 5.41) is 8.56. The van der Waals surface area contributed by atoms with E-state index in [1.807, 2.05) is 0 Å². The lowest BCUT2D eigenvalue weighted by atomic mass is 10.1. The van der Waals surface area contributed by atoms with Crippen LogP contribution in [0.5, 0.6) is 0 Å². The second-order valence-corrected chi connectivity index (χ2v) is 5.42. The van der Waals surface area contributed by atoms with E-state index < -0.39 is 15.7 Å². The quantitative estimate of drug-likeness (QED) is 0.788. The third-order valence-electron chi connectivity index (χ3n) is 2.01. The lowest BCUT2D eigenvalue weighted by molar-refractivity contribution is 0.587. The van der Waals surface area contributed by atoms with Gasteiger partial charge in [0.15, 0.2) is 9.84 Å². The summed E-state index contributed by atoms with van der Waals surface area (Å²) < 4.78 is 36.0. The zero-order valence-corrected chi connectivity index (χ0v) is 9.01. The third kappa shape index (κ3) is 2.77. The summed E-state index contributed by atoms with van der Waals surface area (Å²) in [6, 6.07) is 5.84. The van der Waals surface area contributed by atoms with Crippen LogP contribution in [0.2, 0.25) is 0 Å². The molecule has 0 heterocycles. The Morgan fingerprint density at radius 3 is 2.67 bits per heavy atom. The van der Waals surface area contributed by atoms with Gasteiger partial charge >= 0.3 is 0 Å². The van der Waals surface area contributed by atoms with Crippen LogP contribution in [0.25, 0.3) is 0 Å². The van der Waals surface area contributed by atoms with Crippen molar-refractivity contribution >= 4 is 9.84 Å². The maximum Gasteiger partial charge on any atom is 0.154 e. The molecule has 0 spiro atoms. The molecule has 0 radical (unpaired) electrons. The van der Waals surface area contributed by atoms with Crippen LogP contribution in [-0.4, -0.2) is 14.2 Å². The number of benzene rings is 1. The van der Waals surface area contributed by atoms with Gasteiger partial charge in [0.2, 0.25) is 0 Å². The minimum Gasteiger partial charge on any atom is -0.229 e. The molecule has 0 saturated carbocycles. The Hall–Kier alpha value is -1.41. The van der Waals surface area contributed by atoms with Gasteiger partial charge in [0.25, 0.3) is 0 Å². The van der Waals surface area contributed by atoms with Crippen molar-refractivity contribution in [2.24, 2.45) is 0 Å². The Kier molecular flexibility index (Phi) is 3.43. The summed E-state index contributed by atoms with van der Waals surface area (Å²) in [6.07, 6.45) is 0. The van der Waals surface area contributed by atoms with E-state index in [-0.39, 0.29) is 22.6 Å².